The number of anilines is 1. The van der Waals surface area contributed by atoms with Gasteiger partial charge >= 0.3 is 0 Å². The minimum absolute atomic E-state index is 0.0342. The summed E-state index contributed by atoms with van der Waals surface area (Å²) in [6.45, 7) is 2.87. The third kappa shape index (κ3) is 5.05. The van der Waals surface area contributed by atoms with Gasteiger partial charge in [0.2, 0.25) is 11.8 Å². The monoisotopic (exact) mass is 324 g/mol. The van der Waals surface area contributed by atoms with E-state index in [1.54, 1.807) is 24.3 Å². The maximum Gasteiger partial charge on any atom is 0.247 e. The lowest BCUT2D eigenvalue weighted by atomic mass is 10.0. The van der Waals surface area contributed by atoms with E-state index in [0.29, 0.717) is 17.7 Å². The molecule has 0 bridgehead atoms. The Morgan fingerprint density at radius 3 is 2.08 bits per heavy atom. The summed E-state index contributed by atoms with van der Waals surface area (Å²) >= 11 is 0. The average molecular weight is 324 g/mol. The number of ketones is 1. The fraction of sp³-hybridized carbons (Fsp3) is 0.211. The number of hydrogen-bond donors (Lipinski definition) is 2. The molecule has 124 valence electrons. The molecular formula is C19H20N2O3. The van der Waals surface area contributed by atoms with Gasteiger partial charge in [0.25, 0.3) is 0 Å². The Kier molecular flexibility index (Phi) is 5.84. The van der Waals surface area contributed by atoms with Crippen molar-refractivity contribution in [1.29, 1.82) is 0 Å². The Labute approximate surface area is 141 Å². The van der Waals surface area contributed by atoms with Crippen LogP contribution in [-0.2, 0) is 16.0 Å². The molecule has 2 N–H and O–H groups in total. The number of rotatable bonds is 6. The molecule has 24 heavy (non-hydrogen) atoms. The summed E-state index contributed by atoms with van der Waals surface area (Å²) in [6, 6.07) is 15.5. The van der Waals surface area contributed by atoms with E-state index < -0.39 is 6.04 Å². The van der Waals surface area contributed by atoms with Crippen molar-refractivity contribution in [3.63, 3.8) is 0 Å². The normalized spacial score (nSPS) is 11.4. The van der Waals surface area contributed by atoms with Gasteiger partial charge in [-0.2, -0.15) is 0 Å². The number of carbonyl (C=O) groups excluding carboxylic acids is 3. The van der Waals surface area contributed by atoms with Crippen molar-refractivity contribution in [2.45, 2.75) is 26.3 Å². The molecule has 5 heteroatoms. The maximum absolute atomic E-state index is 12.5. The molecule has 0 aliphatic rings. The molecule has 0 heterocycles. The van der Waals surface area contributed by atoms with E-state index in [1.165, 1.54) is 13.8 Å². The van der Waals surface area contributed by atoms with Crippen molar-refractivity contribution in [2.75, 3.05) is 5.32 Å². The number of carbonyl (C=O) groups is 3. The van der Waals surface area contributed by atoms with Gasteiger partial charge in [0.05, 0.1) is 0 Å². The van der Waals surface area contributed by atoms with Crippen molar-refractivity contribution in [2.24, 2.45) is 0 Å². The van der Waals surface area contributed by atoms with Crippen molar-refractivity contribution in [1.82, 2.24) is 5.32 Å². The largest absolute Gasteiger partial charge is 0.344 e. The zero-order valence-corrected chi connectivity index (χ0v) is 13.7. The Morgan fingerprint density at radius 1 is 0.917 bits per heavy atom. The van der Waals surface area contributed by atoms with Crippen molar-refractivity contribution in [3.8, 4) is 0 Å². The van der Waals surface area contributed by atoms with E-state index in [1.807, 2.05) is 30.3 Å². The molecule has 0 radical (unpaired) electrons. The van der Waals surface area contributed by atoms with E-state index in [-0.39, 0.29) is 17.6 Å². The van der Waals surface area contributed by atoms with Crippen LogP contribution in [0, 0.1) is 0 Å². The van der Waals surface area contributed by atoms with E-state index in [0.717, 1.165) is 5.56 Å². The summed E-state index contributed by atoms with van der Waals surface area (Å²) in [4.78, 5) is 35.1. The van der Waals surface area contributed by atoms with Gasteiger partial charge in [-0.25, -0.2) is 0 Å². The van der Waals surface area contributed by atoms with Crippen LogP contribution >= 0.6 is 0 Å². The highest BCUT2D eigenvalue weighted by atomic mass is 16.2. The Balaban J connectivity index is 2.09. The van der Waals surface area contributed by atoms with Crippen LogP contribution in [-0.4, -0.2) is 23.6 Å². The summed E-state index contributed by atoms with van der Waals surface area (Å²) in [6.07, 6.45) is 0.401. The first kappa shape index (κ1) is 17.4. The topological polar surface area (TPSA) is 75.3 Å². The van der Waals surface area contributed by atoms with E-state index >= 15 is 0 Å². The quantitative estimate of drug-likeness (QED) is 0.802. The van der Waals surface area contributed by atoms with Gasteiger partial charge in [0.15, 0.2) is 5.78 Å². The van der Waals surface area contributed by atoms with E-state index in [2.05, 4.69) is 10.6 Å². The van der Waals surface area contributed by atoms with Gasteiger partial charge in [0, 0.05) is 24.6 Å². The summed E-state index contributed by atoms with van der Waals surface area (Å²) < 4.78 is 0. The SMILES string of the molecule is CC(=O)NC(Cc1ccccc1)C(=O)Nc1ccc(C(C)=O)cc1. The van der Waals surface area contributed by atoms with Gasteiger partial charge in [0.1, 0.15) is 6.04 Å². The predicted octanol–water partition coefficient (Wildman–Crippen LogP) is 2.58. The molecular weight excluding hydrogens is 304 g/mol. The van der Waals surface area contributed by atoms with Crippen LogP contribution in [0.1, 0.15) is 29.8 Å². The summed E-state index contributed by atoms with van der Waals surface area (Å²) in [7, 11) is 0. The number of hydrogen-bond acceptors (Lipinski definition) is 3. The zero-order chi connectivity index (χ0) is 17.5. The summed E-state index contributed by atoms with van der Waals surface area (Å²) in [5, 5.41) is 5.44. The van der Waals surface area contributed by atoms with Crippen LogP contribution in [0.4, 0.5) is 5.69 Å². The van der Waals surface area contributed by atoms with Gasteiger partial charge < -0.3 is 10.6 Å². The Bertz CT molecular complexity index is 724. The molecule has 2 rings (SSSR count). The molecule has 0 saturated heterocycles. The van der Waals surface area contributed by atoms with Gasteiger partial charge in [-0.05, 0) is 36.8 Å². The van der Waals surface area contributed by atoms with Crippen molar-refractivity contribution < 1.29 is 14.4 Å². The Hall–Kier alpha value is -2.95. The summed E-state index contributed by atoms with van der Waals surface area (Å²) in [5.74, 6) is -0.601. The van der Waals surface area contributed by atoms with Crippen LogP contribution in [0.15, 0.2) is 54.6 Å². The van der Waals surface area contributed by atoms with E-state index in [4.69, 9.17) is 0 Å². The fourth-order valence-corrected chi connectivity index (χ4v) is 2.32. The van der Waals surface area contributed by atoms with Crippen molar-refractivity contribution in [3.05, 3.63) is 65.7 Å². The van der Waals surface area contributed by atoms with Gasteiger partial charge in [-0.15, -0.1) is 0 Å². The molecule has 0 spiro atoms. The Morgan fingerprint density at radius 2 is 1.54 bits per heavy atom. The molecule has 5 nitrogen and oxygen atoms in total. The number of Topliss-reactive ketones (excluding diaryl/α,β-unsaturated/α-hetero) is 1. The second kappa shape index (κ2) is 8.06. The lowest BCUT2D eigenvalue weighted by Gasteiger charge is -2.18. The molecule has 2 aromatic rings. The standard InChI is InChI=1S/C19H20N2O3/c1-13(22)16-8-10-17(11-9-16)21-19(24)18(20-14(2)23)12-15-6-4-3-5-7-15/h3-11,18H,12H2,1-2H3,(H,20,23)(H,21,24). The molecule has 1 unspecified atom stereocenters. The third-order valence-electron chi connectivity index (χ3n) is 3.54. The number of benzene rings is 2. The number of nitrogens with one attached hydrogen (secondary N) is 2. The van der Waals surface area contributed by atoms with E-state index in [9.17, 15) is 14.4 Å². The fourth-order valence-electron chi connectivity index (χ4n) is 2.32. The average Bonchev–Trinajstić information content (AvgIpc) is 2.55. The second-order valence-corrected chi connectivity index (χ2v) is 5.57. The lowest BCUT2D eigenvalue weighted by Crippen LogP contribution is -2.44. The van der Waals surface area contributed by atoms with Crippen molar-refractivity contribution >= 4 is 23.3 Å². The summed E-state index contributed by atoms with van der Waals surface area (Å²) in [5.41, 5.74) is 2.11. The molecule has 0 aliphatic heterocycles. The first-order valence-electron chi connectivity index (χ1n) is 7.68. The lowest BCUT2D eigenvalue weighted by molar-refractivity contribution is -0.125. The minimum atomic E-state index is -0.669. The molecule has 2 aromatic carbocycles. The van der Waals surface area contributed by atoms with Crippen LogP contribution < -0.4 is 10.6 Å². The first-order chi connectivity index (χ1) is 11.5. The molecule has 0 aliphatic carbocycles. The third-order valence-corrected chi connectivity index (χ3v) is 3.54. The minimum Gasteiger partial charge on any atom is -0.344 e. The molecule has 1 atom stereocenters. The highest BCUT2D eigenvalue weighted by Gasteiger charge is 2.20. The molecule has 0 fully saturated rings. The number of amides is 2. The molecule has 0 aromatic heterocycles. The molecule has 2 amide bonds. The van der Waals surface area contributed by atoms with Gasteiger partial charge in [-0.1, -0.05) is 30.3 Å². The van der Waals surface area contributed by atoms with Crippen LogP contribution in [0.25, 0.3) is 0 Å². The van der Waals surface area contributed by atoms with Crippen LogP contribution in [0.2, 0.25) is 0 Å². The predicted molar refractivity (Wildman–Crippen MR) is 92.8 cm³/mol. The second-order valence-electron chi connectivity index (χ2n) is 5.57. The zero-order valence-electron chi connectivity index (χ0n) is 13.7. The maximum atomic E-state index is 12.5. The molecule has 0 saturated carbocycles. The highest BCUT2D eigenvalue weighted by molar-refractivity contribution is 5.98. The van der Waals surface area contributed by atoms with Crippen LogP contribution in [0.3, 0.4) is 0 Å². The highest BCUT2D eigenvalue weighted by Crippen LogP contribution is 2.12. The van der Waals surface area contributed by atoms with Gasteiger partial charge in [-0.3, -0.25) is 14.4 Å². The van der Waals surface area contributed by atoms with Crippen LogP contribution in [0.5, 0.6) is 0 Å². The first-order valence-corrected chi connectivity index (χ1v) is 7.68. The smallest absolute Gasteiger partial charge is 0.247 e.